The summed E-state index contributed by atoms with van der Waals surface area (Å²) >= 11 is 0. The number of amides is 1. The molecule has 4 rings (SSSR count). The third-order valence-corrected chi connectivity index (χ3v) is 6.54. The van der Waals surface area contributed by atoms with Crippen LogP contribution in [0.1, 0.15) is 35.7 Å². The van der Waals surface area contributed by atoms with E-state index in [1.807, 2.05) is 18.2 Å². The van der Waals surface area contributed by atoms with Crippen LogP contribution in [0.5, 0.6) is 5.75 Å². The lowest BCUT2D eigenvalue weighted by Crippen LogP contribution is -2.48. The van der Waals surface area contributed by atoms with Crippen molar-refractivity contribution in [3.8, 4) is 5.75 Å². The number of piperazine rings is 1. The predicted molar refractivity (Wildman–Crippen MR) is 132 cm³/mol. The average Bonchev–Trinajstić information content (AvgIpc) is 2.86. The van der Waals surface area contributed by atoms with Gasteiger partial charge in [-0.05, 0) is 60.0 Å². The van der Waals surface area contributed by atoms with Crippen molar-refractivity contribution in [3.63, 3.8) is 0 Å². The van der Waals surface area contributed by atoms with Crippen molar-refractivity contribution in [2.24, 2.45) is 0 Å². The molecule has 3 aromatic carbocycles. The molecule has 0 bridgehead atoms. The third-order valence-electron chi connectivity index (χ3n) is 6.54. The van der Waals surface area contributed by atoms with Gasteiger partial charge in [0.05, 0.1) is 6.04 Å². The number of nitrogens with zero attached hydrogens (tertiary/aromatic N) is 3. The minimum Gasteiger partial charge on any atom is -0.410 e. The van der Waals surface area contributed by atoms with Gasteiger partial charge in [0, 0.05) is 46.3 Å². The molecule has 1 aliphatic rings. The SMILES string of the molecule is CC(c1cccc(OC(=O)N(C)C)c1)N1CCN(C(c2ccc(F)cc2)c2ccc(F)cc2)CC1. The normalized spacial score (nSPS) is 15.7. The molecule has 5 nitrogen and oxygen atoms in total. The van der Waals surface area contributed by atoms with Gasteiger partial charge in [-0.3, -0.25) is 9.80 Å². The van der Waals surface area contributed by atoms with E-state index in [1.54, 1.807) is 44.4 Å². The summed E-state index contributed by atoms with van der Waals surface area (Å²) in [6.45, 7) is 5.43. The third kappa shape index (κ3) is 6.05. The number of carbonyl (C=O) groups is 1. The lowest BCUT2D eigenvalue weighted by Gasteiger charge is -2.42. The van der Waals surface area contributed by atoms with Crippen LogP contribution in [0.25, 0.3) is 0 Å². The van der Waals surface area contributed by atoms with Crippen LogP contribution in [0, 0.1) is 11.6 Å². The van der Waals surface area contributed by atoms with Crippen LogP contribution in [-0.4, -0.2) is 61.1 Å². The van der Waals surface area contributed by atoms with E-state index < -0.39 is 6.09 Å². The summed E-state index contributed by atoms with van der Waals surface area (Å²) < 4.78 is 32.6. The second kappa shape index (κ2) is 11.0. The molecule has 184 valence electrons. The van der Waals surface area contributed by atoms with Gasteiger partial charge in [-0.25, -0.2) is 13.6 Å². The minimum absolute atomic E-state index is 0.0811. The van der Waals surface area contributed by atoms with Gasteiger partial charge in [0.25, 0.3) is 0 Å². The van der Waals surface area contributed by atoms with Crippen molar-refractivity contribution < 1.29 is 18.3 Å². The van der Waals surface area contributed by atoms with Crippen molar-refractivity contribution >= 4 is 6.09 Å². The molecule has 1 unspecified atom stereocenters. The van der Waals surface area contributed by atoms with Crippen LogP contribution in [-0.2, 0) is 0 Å². The topological polar surface area (TPSA) is 36.0 Å². The highest BCUT2D eigenvalue weighted by Crippen LogP contribution is 2.32. The Labute approximate surface area is 205 Å². The van der Waals surface area contributed by atoms with E-state index in [1.165, 1.54) is 29.2 Å². The Hall–Kier alpha value is -3.29. The molecule has 0 spiro atoms. The Kier molecular flexibility index (Phi) is 7.78. The fourth-order valence-electron chi connectivity index (χ4n) is 4.53. The first kappa shape index (κ1) is 24.8. The molecule has 0 aliphatic carbocycles. The molecule has 0 radical (unpaired) electrons. The van der Waals surface area contributed by atoms with Crippen LogP contribution in [0.15, 0.2) is 72.8 Å². The average molecular weight is 480 g/mol. The Morgan fingerprint density at radius 1 is 0.800 bits per heavy atom. The number of rotatable bonds is 6. The summed E-state index contributed by atoms with van der Waals surface area (Å²) in [5, 5.41) is 0. The lowest BCUT2D eigenvalue weighted by atomic mass is 9.96. The largest absolute Gasteiger partial charge is 0.414 e. The summed E-state index contributed by atoms with van der Waals surface area (Å²) in [7, 11) is 3.30. The van der Waals surface area contributed by atoms with E-state index in [2.05, 4.69) is 16.7 Å². The standard InChI is InChI=1S/C28H31F2N3O2/c1-20(23-5-4-6-26(19-23)35-28(34)31(2)3)32-15-17-33(18-16-32)27(21-7-11-24(29)12-8-21)22-9-13-25(30)14-10-22/h4-14,19-20,27H,15-18H2,1-3H3. The van der Waals surface area contributed by atoms with E-state index in [0.717, 1.165) is 42.9 Å². The molecule has 0 aromatic heterocycles. The van der Waals surface area contributed by atoms with Gasteiger partial charge in [-0.2, -0.15) is 0 Å². The Balaban J connectivity index is 1.47. The maximum atomic E-state index is 13.6. The van der Waals surface area contributed by atoms with E-state index >= 15 is 0 Å². The summed E-state index contributed by atoms with van der Waals surface area (Å²) in [6.07, 6.45) is -0.406. The van der Waals surface area contributed by atoms with Crippen molar-refractivity contribution in [2.45, 2.75) is 19.0 Å². The highest BCUT2D eigenvalue weighted by atomic mass is 19.1. The minimum atomic E-state index is -0.406. The predicted octanol–water partition coefficient (Wildman–Crippen LogP) is 5.49. The Bertz CT molecular complexity index is 1080. The molecule has 1 saturated heterocycles. The lowest BCUT2D eigenvalue weighted by molar-refractivity contribution is 0.0838. The number of hydrogen-bond acceptors (Lipinski definition) is 4. The molecule has 1 amide bonds. The van der Waals surface area contributed by atoms with Crippen molar-refractivity contribution in [3.05, 3.63) is 101 Å². The molecule has 3 aromatic rings. The Morgan fingerprint density at radius 3 is 1.83 bits per heavy atom. The highest BCUT2D eigenvalue weighted by molar-refractivity contribution is 5.70. The van der Waals surface area contributed by atoms with Crippen molar-refractivity contribution in [1.29, 1.82) is 0 Å². The van der Waals surface area contributed by atoms with Crippen LogP contribution < -0.4 is 4.74 Å². The van der Waals surface area contributed by atoms with E-state index in [0.29, 0.717) is 5.75 Å². The molecule has 1 heterocycles. The van der Waals surface area contributed by atoms with Gasteiger partial charge < -0.3 is 9.64 Å². The van der Waals surface area contributed by atoms with E-state index in [-0.39, 0.29) is 23.7 Å². The molecule has 1 aliphatic heterocycles. The number of hydrogen-bond donors (Lipinski definition) is 0. The maximum absolute atomic E-state index is 13.6. The number of ether oxygens (including phenoxy) is 1. The maximum Gasteiger partial charge on any atom is 0.414 e. The second-order valence-corrected chi connectivity index (χ2v) is 9.09. The number of benzene rings is 3. The van der Waals surface area contributed by atoms with E-state index in [4.69, 9.17) is 4.74 Å². The Morgan fingerprint density at radius 2 is 1.31 bits per heavy atom. The van der Waals surface area contributed by atoms with Crippen molar-refractivity contribution in [1.82, 2.24) is 14.7 Å². The molecular weight excluding hydrogens is 448 g/mol. The molecule has 35 heavy (non-hydrogen) atoms. The van der Waals surface area contributed by atoms with Gasteiger partial charge >= 0.3 is 6.09 Å². The van der Waals surface area contributed by atoms with Crippen LogP contribution in [0.3, 0.4) is 0 Å². The molecule has 1 atom stereocenters. The smallest absolute Gasteiger partial charge is 0.410 e. The molecule has 7 heteroatoms. The zero-order valence-corrected chi connectivity index (χ0v) is 20.3. The first-order valence-electron chi connectivity index (χ1n) is 11.8. The molecule has 0 N–H and O–H groups in total. The monoisotopic (exact) mass is 479 g/mol. The highest BCUT2D eigenvalue weighted by Gasteiger charge is 2.29. The zero-order valence-electron chi connectivity index (χ0n) is 20.3. The summed E-state index contributed by atoms with van der Waals surface area (Å²) in [6, 6.07) is 20.8. The quantitative estimate of drug-likeness (QED) is 0.468. The summed E-state index contributed by atoms with van der Waals surface area (Å²) in [5.41, 5.74) is 3.04. The molecular formula is C28H31F2N3O2. The summed E-state index contributed by atoms with van der Waals surface area (Å²) in [4.78, 5) is 18.1. The second-order valence-electron chi connectivity index (χ2n) is 9.09. The fourth-order valence-corrected chi connectivity index (χ4v) is 4.53. The van der Waals surface area contributed by atoms with Gasteiger partial charge in [-0.1, -0.05) is 36.4 Å². The van der Waals surface area contributed by atoms with Crippen LogP contribution in [0.2, 0.25) is 0 Å². The van der Waals surface area contributed by atoms with Crippen LogP contribution >= 0.6 is 0 Å². The zero-order chi connectivity index (χ0) is 24.9. The summed E-state index contributed by atoms with van der Waals surface area (Å²) in [5.74, 6) is -0.0214. The van der Waals surface area contributed by atoms with Gasteiger partial charge in [0.2, 0.25) is 0 Å². The van der Waals surface area contributed by atoms with Gasteiger partial charge in [-0.15, -0.1) is 0 Å². The first-order chi connectivity index (χ1) is 16.8. The van der Waals surface area contributed by atoms with E-state index in [9.17, 15) is 13.6 Å². The molecule has 1 fully saturated rings. The van der Waals surface area contributed by atoms with Gasteiger partial charge in [0.1, 0.15) is 17.4 Å². The van der Waals surface area contributed by atoms with Gasteiger partial charge in [0.15, 0.2) is 0 Å². The van der Waals surface area contributed by atoms with Crippen LogP contribution in [0.4, 0.5) is 13.6 Å². The fraction of sp³-hybridized carbons (Fsp3) is 0.321. The number of halogens is 2. The first-order valence-corrected chi connectivity index (χ1v) is 11.8. The van der Waals surface area contributed by atoms with Crippen molar-refractivity contribution in [2.75, 3.05) is 40.3 Å². The number of carbonyl (C=O) groups excluding carboxylic acids is 1. The molecule has 0 saturated carbocycles.